The highest BCUT2D eigenvalue weighted by molar-refractivity contribution is 6.35. The van der Waals surface area contributed by atoms with Gasteiger partial charge >= 0.3 is 0 Å². The molecule has 1 aliphatic heterocycles. The highest BCUT2D eigenvalue weighted by Crippen LogP contribution is 2.30. The van der Waals surface area contributed by atoms with Crippen molar-refractivity contribution in [2.24, 2.45) is 0 Å². The molecule has 3 heterocycles. The Kier molecular flexibility index (Phi) is 3.64. The van der Waals surface area contributed by atoms with Crippen LogP contribution in [0.2, 0.25) is 10.0 Å². The maximum Gasteiger partial charge on any atom is 0.272 e. The summed E-state index contributed by atoms with van der Waals surface area (Å²) < 4.78 is 1.43. The van der Waals surface area contributed by atoms with E-state index in [0.29, 0.717) is 17.2 Å². The van der Waals surface area contributed by atoms with Gasteiger partial charge in [-0.3, -0.25) is 14.8 Å². The molecule has 118 valence electrons. The Morgan fingerprint density at radius 1 is 1.26 bits per heavy atom. The van der Waals surface area contributed by atoms with Crippen LogP contribution in [-0.2, 0) is 19.5 Å². The maximum atomic E-state index is 12.0. The van der Waals surface area contributed by atoms with E-state index in [1.165, 1.54) is 10.1 Å². The van der Waals surface area contributed by atoms with E-state index in [1.54, 1.807) is 24.4 Å². The number of nitrogens with zero attached hydrogens (tertiary/aromatic N) is 3. The first-order valence-corrected chi connectivity index (χ1v) is 8.11. The van der Waals surface area contributed by atoms with Gasteiger partial charge in [-0.2, -0.15) is 0 Å². The third-order valence-electron chi connectivity index (χ3n) is 4.14. The van der Waals surface area contributed by atoms with Gasteiger partial charge in [0.05, 0.1) is 5.69 Å². The van der Waals surface area contributed by atoms with E-state index in [0.717, 1.165) is 35.8 Å². The molecular formula is C16H14Cl2N4O. The first-order chi connectivity index (χ1) is 11.1. The monoisotopic (exact) mass is 348 g/mol. The lowest BCUT2D eigenvalue weighted by Crippen LogP contribution is -2.31. The average Bonchev–Trinajstić information content (AvgIpc) is 2.95. The third-order valence-corrected chi connectivity index (χ3v) is 4.70. The van der Waals surface area contributed by atoms with Crippen LogP contribution in [0.1, 0.15) is 16.8 Å². The number of aromatic amines is 1. The Hall–Kier alpha value is -1.82. The second-order valence-electron chi connectivity index (χ2n) is 5.73. The van der Waals surface area contributed by atoms with Crippen molar-refractivity contribution in [1.82, 2.24) is 19.5 Å². The summed E-state index contributed by atoms with van der Waals surface area (Å²) in [5.74, 6) is 0. The summed E-state index contributed by atoms with van der Waals surface area (Å²) in [6.45, 7) is 2.26. The second-order valence-corrected chi connectivity index (χ2v) is 6.57. The van der Waals surface area contributed by atoms with E-state index in [4.69, 9.17) is 23.2 Å². The molecule has 4 rings (SSSR count). The molecular weight excluding hydrogens is 335 g/mol. The van der Waals surface area contributed by atoms with Crippen LogP contribution in [0, 0.1) is 0 Å². The molecule has 0 bridgehead atoms. The number of hydrogen-bond acceptors (Lipinski definition) is 3. The van der Waals surface area contributed by atoms with Gasteiger partial charge in [0.2, 0.25) is 0 Å². The maximum absolute atomic E-state index is 12.0. The summed E-state index contributed by atoms with van der Waals surface area (Å²) in [6.07, 6.45) is 2.57. The van der Waals surface area contributed by atoms with Crippen molar-refractivity contribution in [2.45, 2.75) is 19.5 Å². The van der Waals surface area contributed by atoms with Crippen molar-refractivity contribution < 1.29 is 0 Å². The molecule has 0 unspecified atom stereocenters. The largest absolute Gasteiger partial charge is 0.297 e. The van der Waals surface area contributed by atoms with Gasteiger partial charge in [-0.15, -0.1) is 0 Å². The fourth-order valence-corrected chi connectivity index (χ4v) is 3.72. The van der Waals surface area contributed by atoms with Gasteiger partial charge in [-0.1, -0.05) is 23.2 Å². The lowest BCUT2D eigenvalue weighted by atomic mass is 9.99. The zero-order chi connectivity index (χ0) is 16.0. The summed E-state index contributed by atoms with van der Waals surface area (Å²) in [5.41, 5.74) is 3.62. The summed E-state index contributed by atoms with van der Waals surface area (Å²) in [5, 5.41) is 4.23. The van der Waals surface area contributed by atoms with Crippen LogP contribution in [0.25, 0.3) is 5.65 Å². The highest BCUT2D eigenvalue weighted by Gasteiger charge is 2.20. The molecule has 5 nitrogen and oxygen atoms in total. The predicted molar refractivity (Wildman–Crippen MR) is 90.1 cm³/mol. The SMILES string of the molecule is O=c1cc(CN2CCc3c(Cl)cc(Cl)cc3C2)nc2cc[nH]n12. The van der Waals surface area contributed by atoms with Crippen LogP contribution in [0.5, 0.6) is 0 Å². The number of H-pyrrole nitrogens is 1. The zero-order valence-corrected chi connectivity index (χ0v) is 13.7. The van der Waals surface area contributed by atoms with Crippen molar-refractivity contribution in [3.63, 3.8) is 0 Å². The molecule has 0 fully saturated rings. The van der Waals surface area contributed by atoms with Gasteiger partial charge in [-0.05, 0) is 29.7 Å². The van der Waals surface area contributed by atoms with E-state index < -0.39 is 0 Å². The van der Waals surface area contributed by atoms with Crippen LogP contribution >= 0.6 is 23.2 Å². The molecule has 2 aromatic heterocycles. The number of benzene rings is 1. The average molecular weight is 349 g/mol. The number of halogens is 2. The van der Waals surface area contributed by atoms with E-state index in [1.807, 2.05) is 6.07 Å². The first-order valence-electron chi connectivity index (χ1n) is 7.35. The molecule has 0 atom stereocenters. The van der Waals surface area contributed by atoms with Crippen molar-refractivity contribution in [1.29, 1.82) is 0 Å². The van der Waals surface area contributed by atoms with Crippen molar-refractivity contribution >= 4 is 28.8 Å². The van der Waals surface area contributed by atoms with E-state index in [9.17, 15) is 4.79 Å². The Morgan fingerprint density at radius 3 is 3.00 bits per heavy atom. The highest BCUT2D eigenvalue weighted by atomic mass is 35.5. The molecule has 1 aromatic carbocycles. The smallest absolute Gasteiger partial charge is 0.272 e. The van der Waals surface area contributed by atoms with Gasteiger partial charge in [0.15, 0.2) is 5.65 Å². The number of aromatic nitrogens is 3. The third kappa shape index (κ3) is 2.76. The molecule has 0 aliphatic carbocycles. The molecule has 0 saturated heterocycles. The van der Waals surface area contributed by atoms with Crippen molar-refractivity contribution in [3.05, 3.63) is 67.7 Å². The summed E-state index contributed by atoms with van der Waals surface area (Å²) in [7, 11) is 0. The predicted octanol–water partition coefficient (Wildman–Crippen LogP) is 2.89. The molecule has 0 saturated carbocycles. The summed E-state index contributed by atoms with van der Waals surface area (Å²) >= 11 is 12.4. The van der Waals surface area contributed by atoms with Crippen LogP contribution in [0.15, 0.2) is 35.3 Å². The molecule has 23 heavy (non-hydrogen) atoms. The lowest BCUT2D eigenvalue weighted by molar-refractivity contribution is 0.242. The standard InChI is InChI=1S/C16H14Cl2N4O/c17-11-5-10-8-21(4-2-13(10)14(18)6-11)9-12-7-16(23)22-15(20-12)1-3-19-22/h1,3,5-7,19H,2,4,8-9H2. The number of rotatable bonds is 2. The molecule has 1 N–H and O–H groups in total. The Labute approximate surface area is 142 Å². The van der Waals surface area contributed by atoms with E-state index in [-0.39, 0.29) is 5.56 Å². The van der Waals surface area contributed by atoms with Crippen molar-refractivity contribution in [2.75, 3.05) is 6.54 Å². The Balaban J connectivity index is 1.61. The quantitative estimate of drug-likeness (QED) is 0.774. The topological polar surface area (TPSA) is 53.4 Å². The van der Waals surface area contributed by atoms with Gasteiger partial charge < -0.3 is 0 Å². The van der Waals surface area contributed by atoms with E-state index in [2.05, 4.69) is 15.0 Å². The molecule has 0 spiro atoms. The van der Waals surface area contributed by atoms with Gasteiger partial charge in [-0.25, -0.2) is 9.50 Å². The van der Waals surface area contributed by atoms with Crippen LogP contribution in [0.3, 0.4) is 0 Å². The molecule has 0 radical (unpaired) electrons. The van der Waals surface area contributed by atoms with Gasteiger partial charge in [0, 0.05) is 48.0 Å². The minimum atomic E-state index is -0.0986. The fraction of sp³-hybridized carbons (Fsp3) is 0.250. The summed E-state index contributed by atoms with van der Waals surface area (Å²) in [4.78, 5) is 18.8. The van der Waals surface area contributed by atoms with E-state index >= 15 is 0 Å². The van der Waals surface area contributed by atoms with Crippen LogP contribution in [0.4, 0.5) is 0 Å². The van der Waals surface area contributed by atoms with Crippen LogP contribution in [-0.4, -0.2) is 26.0 Å². The molecule has 0 amide bonds. The lowest BCUT2D eigenvalue weighted by Gasteiger charge is -2.29. The van der Waals surface area contributed by atoms with Gasteiger partial charge in [0.25, 0.3) is 5.56 Å². The number of hydrogen-bond donors (Lipinski definition) is 1. The zero-order valence-electron chi connectivity index (χ0n) is 12.2. The Morgan fingerprint density at radius 2 is 2.13 bits per heavy atom. The molecule has 1 aliphatic rings. The number of nitrogens with one attached hydrogen (secondary N) is 1. The Bertz CT molecular complexity index is 947. The minimum absolute atomic E-state index is 0.0986. The number of fused-ring (bicyclic) bond motifs is 2. The summed E-state index contributed by atoms with van der Waals surface area (Å²) in [6, 6.07) is 7.12. The minimum Gasteiger partial charge on any atom is -0.297 e. The normalized spacial score (nSPS) is 15.0. The van der Waals surface area contributed by atoms with Crippen molar-refractivity contribution in [3.8, 4) is 0 Å². The second kappa shape index (κ2) is 5.67. The van der Waals surface area contributed by atoms with Crippen LogP contribution < -0.4 is 5.56 Å². The molecule has 3 aromatic rings. The fourth-order valence-electron chi connectivity index (χ4n) is 3.09. The molecule has 7 heteroatoms. The first kappa shape index (κ1) is 14.8. The van der Waals surface area contributed by atoms with Gasteiger partial charge in [0.1, 0.15) is 0 Å².